The second kappa shape index (κ2) is 3.56. The predicted octanol–water partition coefficient (Wildman–Crippen LogP) is 1.28. The Balaban J connectivity index is 2.02. The molecule has 5 heteroatoms. The number of alkyl halides is 2. The van der Waals surface area contributed by atoms with Crippen molar-refractivity contribution >= 4 is 12.1 Å². The molecule has 1 saturated heterocycles. The fourth-order valence-corrected chi connectivity index (χ4v) is 1.49. The second-order valence-electron chi connectivity index (χ2n) is 3.61. The summed E-state index contributed by atoms with van der Waals surface area (Å²) in [6.45, 7) is -0.542. The van der Waals surface area contributed by atoms with Crippen molar-refractivity contribution in [3.8, 4) is 0 Å². The molecule has 0 atom stereocenters. The number of rotatable bonds is 3. The quantitative estimate of drug-likeness (QED) is 0.707. The maximum Gasteiger partial charge on any atom is 0.282 e. The van der Waals surface area contributed by atoms with E-state index in [4.69, 9.17) is 0 Å². The first-order valence-corrected chi connectivity index (χ1v) is 4.62. The van der Waals surface area contributed by atoms with Gasteiger partial charge in [0, 0.05) is 12.6 Å². The van der Waals surface area contributed by atoms with Crippen LogP contribution < -0.4 is 4.90 Å². The maximum absolute atomic E-state index is 12.6. The van der Waals surface area contributed by atoms with E-state index >= 15 is 0 Å². The molecule has 1 aromatic heterocycles. The number of aromatic nitrogens is 1. The van der Waals surface area contributed by atoms with Crippen LogP contribution in [0.3, 0.4) is 0 Å². The van der Waals surface area contributed by atoms with Gasteiger partial charge in [0.05, 0.1) is 13.1 Å². The molecule has 1 aliphatic heterocycles. The smallest absolute Gasteiger partial charge is 0.282 e. The van der Waals surface area contributed by atoms with Crippen molar-refractivity contribution < 1.29 is 13.6 Å². The zero-order chi connectivity index (χ0) is 10.9. The average Bonchev–Trinajstić information content (AvgIpc) is 2.16. The van der Waals surface area contributed by atoms with Gasteiger partial charge < -0.3 is 9.69 Å². The van der Waals surface area contributed by atoms with Crippen LogP contribution in [0.2, 0.25) is 0 Å². The van der Waals surface area contributed by atoms with E-state index in [0.717, 1.165) is 11.8 Å². The number of nitrogens with zero attached hydrogens (tertiary/aromatic N) is 2. The molecule has 1 fully saturated rings. The molecule has 0 saturated carbocycles. The van der Waals surface area contributed by atoms with Crippen LogP contribution in [0.4, 0.5) is 14.6 Å². The third kappa shape index (κ3) is 2.11. The highest BCUT2D eigenvalue weighted by molar-refractivity contribution is 5.55. The van der Waals surface area contributed by atoms with E-state index in [1.807, 2.05) is 0 Å². The van der Waals surface area contributed by atoms with Gasteiger partial charge in [-0.1, -0.05) is 6.07 Å². The Morgan fingerprint density at radius 3 is 2.67 bits per heavy atom. The Bertz CT molecular complexity index is 356. The van der Waals surface area contributed by atoms with E-state index in [9.17, 15) is 13.6 Å². The molecule has 0 amide bonds. The Kier molecular flexibility index (Phi) is 2.38. The number of hydrogen-bond acceptors (Lipinski definition) is 3. The first-order valence-electron chi connectivity index (χ1n) is 4.62. The largest absolute Gasteiger partial charge is 0.344 e. The van der Waals surface area contributed by atoms with Gasteiger partial charge in [-0.05, 0) is 11.6 Å². The minimum Gasteiger partial charge on any atom is -0.344 e. The van der Waals surface area contributed by atoms with E-state index in [0.29, 0.717) is 12.2 Å². The summed E-state index contributed by atoms with van der Waals surface area (Å²) in [6.07, 6.45) is 2.64. The van der Waals surface area contributed by atoms with E-state index in [1.54, 1.807) is 18.3 Å². The van der Waals surface area contributed by atoms with Crippen molar-refractivity contribution in [1.82, 2.24) is 4.98 Å². The number of aldehydes is 1. The van der Waals surface area contributed by atoms with E-state index in [-0.39, 0.29) is 13.1 Å². The summed E-state index contributed by atoms with van der Waals surface area (Å²) in [6, 6.07) is 3.39. The summed E-state index contributed by atoms with van der Waals surface area (Å²) in [7, 11) is 0. The molecule has 2 rings (SSSR count). The molecular formula is C10H10F2N2O. The van der Waals surface area contributed by atoms with Crippen molar-refractivity contribution in [3.63, 3.8) is 0 Å². The van der Waals surface area contributed by atoms with Crippen LogP contribution in [0.1, 0.15) is 5.56 Å². The summed E-state index contributed by atoms with van der Waals surface area (Å²) in [4.78, 5) is 15.7. The number of carbonyl (C=O) groups excluding carboxylic acids is 1. The molecule has 15 heavy (non-hydrogen) atoms. The topological polar surface area (TPSA) is 33.2 Å². The molecule has 0 radical (unpaired) electrons. The van der Waals surface area contributed by atoms with Gasteiger partial charge in [-0.25, -0.2) is 13.8 Å². The van der Waals surface area contributed by atoms with Gasteiger partial charge in [-0.3, -0.25) is 0 Å². The Hall–Kier alpha value is -1.52. The van der Waals surface area contributed by atoms with Gasteiger partial charge in [0.1, 0.15) is 12.1 Å². The van der Waals surface area contributed by atoms with E-state index in [1.165, 1.54) is 4.90 Å². The molecule has 0 aromatic carbocycles. The molecule has 0 spiro atoms. The molecule has 80 valence electrons. The van der Waals surface area contributed by atoms with Crippen LogP contribution >= 0.6 is 0 Å². The van der Waals surface area contributed by atoms with Gasteiger partial charge in [0.2, 0.25) is 0 Å². The Labute approximate surface area is 85.7 Å². The maximum atomic E-state index is 12.6. The molecule has 1 aliphatic rings. The van der Waals surface area contributed by atoms with Crippen molar-refractivity contribution in [3.05, 3.63) is 23.9 Å². The van der Waals surface area contributed by atoms with Crippen molar-refractivity contribution in [2.45, 2.75) is 12.3 Å². The van der Waals surface area contributed by atoms with Gasteiger partial charge >= 0.3 is 0 Å². The van der Waals surface area contributed by atoms with Crippen LogP contribution in [-0.2, 0) is 11.2 Å². The summed E-state index contributed by atoms with van der Waals surface area (Å²) in [5.41, 5.74) is 0.793. The molecule has 0 N–H and O–H groups in total. The van der Waals surface area contributed by atoms with Gasteiger partial charge in [0.25, 0.3) is 5.92 Å². The number of halogens is 2. The summed E-state index contributed by atoms with van der Waals surface area (Å²) >= 11 is 0. The zero-order valence-corrected chi connectivity index (χ0v) is 7.99. The molecule has 2 heterocycles. The van der Waals surface area contributed by atoms with E-state index < -0.39 is 5.92 Å². The predicted molar refractivity (Wildman–Crippen MR) is 51.2 cm³/mol. The highest BCUT2D eigenvalue weighted by Gasteiger charge is 2.44. The van der Waals surface area contributed by atoms with Crippen LogP contribution in [0.5, 0.6) is 0 Å². The second-order valence-corrected chi connectivity index (χ2v) is 3.61. The molecule has 1 aromatic rings. The molecule has 0 unspecified atom stereocenters. The highest BCUT2D eigenvalue weighted by atomic mass is 19.3. The third-order valence-corrected chi connectivity index (χ3v) is 2.30. The minimum atomic E-state index is -2.58. The third-order valence-electron chi connectivity index (χ3n) is 2.30. The summed E-state index contributed by atoms with van der Waals surface area (Å²) in [5, 5.41) is 0. The van der Waals surface area contributed by atoms with Crippen molar-refractivity contribution in [2.75, 3.05) is 18.0 Å². The van der Waals surface area contributed by atoms with Gasteiger partial charge in [0.15, 0.2) is 0 Å². The monoisotopic (exact) mass is 212 g/mol. The SMILES string of the molecule is O=CCc1ccc(N2CC(F)(F)C2)nc1. The molecule has 3 nitrogen and oxygen atoms in total. The molecule has 0 bridgehead atoms. The molecular weight excluding hydrogens is 202 g/mol. The van der Waals surface area contributed by atoms with Crippen LogP contribution in [-0.4, -0.2) is 30.3 Å². The lowest BCUT2D eigenvalue weighted by molar-refractivity contribution is -0.107. The first-order chi connectivity index (χ1) is 7.11. The van der Waals surface area contributed by atoms with Crippen molar-refractivity contribution in [2.24, 2.45) is 0 Å². The van der Waals surface area contributed by atoms with E-state index in [2.05, 4.69) is 4.98 Å². The van der Waals surface area contributed by atoms with Crippen LogP contribution in [0, 0.1) is 0 Å². The number of pyridine rings is 1. The number of hydrogen-bond donors (Lipinski definition) is 0. The van der Waals surface area contributed by atoms with Gasteiger partial charge in [-0.15, -0.1) is 0 Å². The number of anilines is 1. The van der Waals surface area contributed by atoms with Crippen LogP contribution in [0.15, 0.2) is 18.3 Å². The van der Waals surface area contributed by atoms with Crippen LogP contribution in [0.25, 0.3) is 0 Å². The summed E-state index contributed by atoms with van der Waals surface area (Å²) < 4.78 is 25.1. The fourth-order valence-electron chi connectivity index (χ4n) is 1.49. The standard InChI is InChI=1S/C10H10F2N2O/c11-10(12)6-14(7-10)9-2-1-8(3-4-15)5-13-9/h1-2,4-5H,3,6-7H2. The first kappa shape index (κ1) is 10.0. The lowest BCUT2D eigenvalue weighted by Gasteiger charge is -2.39. The van der Waals surface area contributed by atoms with Crippen molar-refractivity contribution in [1.29, 1.82) is 0 Å². The average molecular weight is 212 g/mol. The highest BCUT2D eigenvalue weighted by Crippen LogP contribution is 2.30. The molecule has 0 aliphatic carbocycles. The zero-order valence-electron chi connectivity index (χ0n) is 7.99. The fraction of sp³-hybridized carbons (Fsp3) is 0.400. The summed E-state index contributed by atoms with van der Waals surface area (Å²) in [5.74, 6) is -2.04. The Morgan fingerprint density at radius 1 is 1.47 bits per heavy atom. The number of carbonyl (C=O) groups is 1. The van der Waals surface area contributed by atoms with Gasteiger partial charge in [-0.2, -0.15) is 0 Å². The normalized spacial score (nSPS) is 18.4. The Morgan fingerprint density at radius 2 is 2.20 bits per heavy atom. The lowest BCUT2D eigenvalue weighted by Crippen LogP contribution is -2.56. The minimum absolute atomic E-state index is 0.271. The lowest BCUT2D eigenvalue weighted by atomic mass is 10.1.